The lowest BCUT2D eigenvalue weighted by atomic mass is 10.0. The van der Waals surface area contributed by atoms with Crippen LogP contribution in [0.15, 0.2) is 24.3 Å². The molecule has 0 saturated heterocycles. The third kappa shape index (κ3) is 3.57. The van der Waals surface area contributed by atoms with Gasteiger partial charge in [0.15, 0.2) is 0 Å². The number of carbonyl (C=O) groups is 1. The number of benzene rings is 1. The molecule has 0 aliphatic carbocycles. The topological polar surface area (TPSA) is 46.3 Å². The Hall–Kier alpha value is -1.35. The van der Waals surface area contributed by atoms with E-state index in [0.717, 1.165) is 5.56 Å². The van der Waals surface area contributed by atoms with Crippen LogP contribution in [0, 0.1) is 0 Å². The first kappa shape index (κ1) is 14.7. The largest absolute Gasteiger partial charge is 0.335 e. The van der Waals surface area contributed by atoms with Crippen molar-refractivity contribution < 1.29 is 4.79 Å². The standard InChI is InChI=1S/C15H24N2O/c1-11(2)13-5-7-14(8-6-13)15(18)17(10-9-16)12(3)4/h5-8,11-12H,9-10,16H2,1-4H3. The summed E-state index contributed by atoms with van der Waals surface area (Å²) >= 11 is 0. The van der Waals surface area contributed by atoms with Crippen LogP contribution < -0.4 is 5.73 Å². The van der Waals surface area contributed by atoms with Gasteiger partial charge < -0.3 is 10.6 Å². The van der Waals surface area contributed by atoms with Crippen molar-refractivity contribution in [3.8, 4) is 0 Å². The number of nitrogens with two attached hydrogens (primary N) is 1. The maximum atomic E-state index is 12.3. The second-order valence-corrected chi connectivity index (χ2v) is 5.16. The third-order valence-corrected chi connectivity index (χ3v) is 3.08. The summed E-state index contributed by atoms with van der Waals surface area (Å²) in [6, 6.07) is 8.04. The predicted molar refractivity (Wildman–Crippen MR) is 75.8 cm³/mol. The average Bonchev–Trinajstić information content (AvgIpc) is 2.35. The van der Waals surface area contributed by atoms with Gasteiger partial charge in [-0.15, -0.1) is 0 Å². The van der Waals surface area contributed by atoms with Gasteiger partial charge in [0, 0.05) is 24.7 Å². The summed E-state index contributed by atoms with van der Waals surface area (Å²) in [6.45, 7) is 9.40. The quantitative estimate of drug-likeness (QED) is 0.870. The highest BCUT2D eigenvalue weighted by Crippen LogP contribution is 2.16. The van der Waals surface area contributed by atoms with Crippen LogP contribution in [0.4, 0.5) is 0 Å². The monoisotopic (exact) mass is 248 g/mol. The van der Waals surface area contributed by atoms with E-state index in [1.165, 1.54) is 5.56 Å². The van der Waals surface area contributed by atoms with Crippen molar-refractivity contribution in [2.45, 2.75) is 39.7 Å². The number of nitrogens with zero attached hydrogens (tertiary/aromatic N) is 1. The normalized spacial score (nSPS) is 11.1. The molecule has 0 aliphatic heterocycles. The summed E-state index contributed by atoms with van der Waals surface area (Å²) in [5.41, 5.74) is 7.54. The van der Waals surface area contributed by atoms with Crippen LogP contribution in [-0.4, -0.2) is 29.9 Å². The van der Waals surface area contributed by atoms with E-state index < -0.39 is 0 Å². The molecule has 1 aromatic carbocycles. The highest BCUT2D eigenvalue weighted by molar-refractivity contribution is 5.94. The lowest BCUT2D eigenvalue weighted by molar-refractivity contribution is 0.0712. The van der Waals surface area contributed by atoms with E-state index >= 15 is 0 Å². The minimum absolute atomic E-state index is 0.0609. The minimum Gasteiger partial charge on any atom is -0.335 e. The van der Waals surface area contributed by atoms with Crippen LogP contribution >= 0.6 is 0 Å². The zero-order chi connectivity index (χ0) is 13.7. The predicted octanol–water partition coefficient (Wildman–Crippen LogP) is 2.62. The Kier molecular flexibility index (Phi) is 5.35. The molecule has 0 atom stereocenters. The smallest absolute Gasteiger partial charge is 0.254 e. The molecule has 1 aromatic rings. The molecule has 0 saturated carbocycles. The van der Waals surface area contributed by atoms with Gasteiger partial charge in [0.2, 0.25) is 0 Å². The molecule has 1 amide bonds. The Morgan fingerprint density at radius 1 is 1.17 bits per heavy atom. The SMILES string of the molecule is CC(C)c1ccc(C(=O)N(CCN)C(C)C)cc1. The molecule has 3 heteroatoms. The van der Waals surface area contributed by atoms with E-state index in [2.05, 4.69) is 13.8 Å². The maximum absolute atomic E-state index is 12.3. The highest BCUT2D eigenvalue weighted by atomic mass is 16.2. The van der Waals surface area contributed by atoms with E-state index in [1.54, 1.807) is 0 Å². The molecule has 0 spiro atoms. The fourth-order valence-electron chi connectivity index (χ4n) is 1.91. The molecule has 0 bridgehead atoms. The lowest BCUT2D eigenvalue weighted by Gasteiger charge is -2.26. The maximum Gasteiger partial charge on any atom is 0.254 e. The zero-order valence-corrected chi connectivity index (χ0v) is 11.8. The Bertz CT molecular complexity index is 382. The molecule has 100 valence electrons. The average molecular weight is 248 g/mol. The van der Waals surface area contributed by atoms with Gasteiger partial charge in [0.05, 0.1) is 0 Å². The van der Waals surface area contributed by atoms with Gasteiger partial charge in [-0.05, 0) is 37.5 Å². The van der Waals surface area contributed by atoms with Gasteiger partial charge in [0.25, 0.3) is 5.91 Å². The fraction of sp³-hybridized carbons (Fsp3) is 0.533. The zero-order valence-electron chi connectivity index (χ0n) is 11.8. The number of hydrogen-bond acceptors (Lipinski definition) is 2. The Morgan fingerprint density at radius 3 is 2.11 bits per heavy atom. The molecule has 0 radical (unpaired) electrons. The van der Waals surface area contributed by atoms with E-state index in [1.807, 2.05) is 43.0 Å². The summed E-state index contributed by atoms with van der Waals surface area (Å²) in [5.74, 6) is 0.546. The van der Waals surface area contributed by atoms with Crippen molar-refractivity contribution in [1.82, 2.24) is 4.90 Å². The molecule has 0 fully saturated rings. The van der Waals surface area contributed by atoms with E-state index in [9.17, 15) is 4.79 Å². The van der Waals surface area contributed by atoms with E-state index in [-0.39, 0.29) is 11.9 Å². The molecule has 0 heterocycles. The first-order valence-electron chi connectivity index (χ1n) is 6.58. The van der Waals surface area contributed by atoms with Crippen LogP contribution in [0.2, 0.25) is 0 Å². The van der Waals surface area contributed by atoms with Crippen molar-refractivity contribution >= 4 is 5.91 Å². The Labute approximate surface area is 110 Å². The van der Waals surface area contributed by atoms with Gasteiger partial charge in [0.1, 0.15) is 0 Å². The minimum atomic E-state index is 0.0609. The number of rotatable bonds is 5. The lowest BCUT2D eigenvalue weighted by Crippen LogP contribution is -2.40. The third-order valence-electron chi connectivity index (χ3n) is 3.08. The first-order valence-corrected chi connectivity index (χ1v) is 6.58. The molecule has 3 nitrogen and oxygen atoms in total. The summed E-state index contributed by atoms with van der Waals surface area (Å²) < 4.78 is 0. The summed E-state index contributed by atoms with van der Waals surface area (Å²) in [6.07, 6.45) is 0. The van der Waals surface area contributed by atoms with E-state index in [4.69, 9.17) is 5.73 Å². The molecule has 0 unspecified atom stereocenters. The summed E-state index contributed by atoms with van der Waals surface area (Å²) in [7, 11) is 0. The number of amides is 1. The van der Waals surface area contributed by atoms with Crippen LogP contribution in [0.25, 0.3) is 0 Å². The molecular formula is C15H24N2O. The fourth-order valence-corrected chi connectivity index (χ4v) is 1.91. The second-order valence-electron chi connectivity index (χ2n) is 5.16. The van der Waals surface area contributed by atoms with Crippen molar-refractivity contribution in [3.05, 3.63) is 35.4 Å². The summed E-state index contributed by atoms with van der Waals surface area (Å²) in [5, 5.41) is 0. The van der Waals surface area contributed by atoms with Gasteiger partial charge >= 0.3 is 0 Å². The number of hydrogen-bond donors (Lipinski definition) is 1. The number of carbonyl (C=O) groups excluding carboxylic acids is 1. The molecule has 2 N–H and O–H groups in total. The van der Waals surface area contributed by atoms with Crippen LogP contribution in [0.1, 0.15) is 49.5 Å². The Morgan fingerprint density at radius 2 is 1.72 bits per heavy atom. The van der Waals surface area contributed by atoms with Gasteiger partial charge in [-0.2, -0.15) is 0 Å². The van der Waals surface area contributed by atoms with Gasteiger partial charge in [-0.3, -0.25) is 4.79 Å². The van der Waals surface area contributed by atoms with Crippen LogP contribution in [0.3, 0.4) is 0 Å². The molecule has 18 heavy (non-hydrogen) atoms. The Balaban J connectivity index is 2.88. The summed E-state index contributed by atoms with van der Waals surface area (Å²) in [4.78, 5) is 14.1. The highest BCUT2D eigenvalue weighted by Gasteiger charge is 2.17. The van der Waals surface area contributed by atoms with E-state index in [0.29, 0.717) is 19.0 Å². The molecule has 0 aliphatic rings. The van der Waals surface area contributed by atoms with Crippen LogP contribution in [0.5, 0.6) is 0 Å². The second kappa shape index (κ2) is 6.55. The molecule has 0 aromatic heterocycles. The van der Waals surface area contributed by atoms with Crippen molar-refractivity contribution in [2.75, 3.05) is 13.1 Å². The molecule has 1 rings (SSSR count). The van der Waals surface area contributed by atoms with Crippen molar-refractivity contribution in [3.63, 3.8) is 0 Å². The first-order chi connectivity index (χ1) is 8.47. The van der Waals surface area contributed by atoms with Crippen molar-refractivity contribution in [1.29, 1.82) is 0 Å². The van der Waals surface area contributed by atoms with Gasteiger partial charge in [-0.1, -0.05) is 26.0 Å². The van der Waals surface area contributed by atoms with Gasteiger partial charge in [-0.25, -0.2) is 0 Å². The molecular weight excluding hydrogens is 224 g/mol. The van der Waals surface area contributed by atoms with Crippen molar-refractivity contribution in [2.24, 2.45) is 5.73 Å². The van der Waals surface area contributed by atoms with Crippen LogP contribution in [-0.2, 0) is 0 Å².